The average molecular weight is 278 g/mol. The first-order chi connectivity index (χ1) is 9.49. The molecule has 20 heavy (non-hydrogen) atoms. The first-order valence-electron chi connectivity index (χ1n) is 7.57. The molecule has 0 bridgehead atoms. The lowest BCUT2D eigenvalue weighted by atomic mass is 9.99. The smallest absolute Gasteiger partial charge is 0.242 e. The zero-order valence-electron chi connectivity index (χ0n) is 13.0. The Morgan fingerprint density at radius 1 is 1.45 bits per heavy atom. The Morgan fingerprint density at radius 2 is 2.20 bits per heavy atom. The second-order valence-electron chi connectivity index (χ2n) is 6.16. The topological polar surface area (TPSA) is 50.2 Å². The molecule has 1 aliphatic rings. The Morgan fingerprint density at radius 3 is 2.85 bits per heavy atom. The normalized spacial score (nSPS) is 21.9. The number of likely N-dealkylation sites (tertiary alicyclic amines) is 1. The van der Waals surface area contributed by atoms with Crippen molar-refractivity contribution in [2.45, 2.75) is 52.6 Å². The summed E-state index contributed by atoms with van der Waals surface area (Å²) in [7, 11) is 0. The van der Waals surface area contributed by atoms with Crippen molar-refractivity contribution < 1.29 is 4.79 Å². The van der Waals surface area contributed by atoms with Crippen LogP contribution in [0.3, 0.4) is 0 Å². The van der Waals surface area contributed by atoms with Crippen LogP contribution in [0.1, 0.15) is 46.6 Å². The van der Waals surface area contributed by atoms with Crippen LogP contribution >= 0.6 is 0 Å². The van der Waals surface area contributed by atoms with Gasteiger partial charge in [0.1, 0.15) is 5.82 Å². The number of piperidine rings is 1. The van der Waals surface area contributed by atoms with E-state index in [0.717, 1.165) is 18.9 Å². The summed E-state index contributed by atoms with van der Waals surface area (Å²) < 4.78 is 1.84. The van der Waals surface area contributed by atoms with Gasteiger partial charge in [-0.25, -0.2) is 4.68 Å². The third-order valence-electron chi connectivity index (χ3n) is 4.03. The maximum absolute atomic E-state index is 12.4. The van der Waals surface area contributed by atoms with Crippen LogP contribution < -0.4 is 5.32 Å². The lowest BCUT2D eigenvalue weighted by Crippen LogP contribution is -2.46. The molecule has 1 N–H and O–H groups in total. The number of hydrogen-bond acceptors (Lipinski definition) is 3. The molecule has 0 aliphatic carbocycles. The molecule has 5 heteroatoms. The van der Waals surface area contributed by atoms with Crippen molar-refractivity contribution in [3.05, 3.63) is 12.3 Å². The summed E-state index contributed by atoms with van der Waals surface area (Å²) in [5.74, 6) is 1.52. The molecular weight excluding hydrogens is 252 g/mol. The van der Waals surface area contributed by atoms with Crippen LogP contribution in [0.25, 0.3) is 0 Å². The van der Waals surface area contributed by atoms with Crippen LogP contribution in [0.15, 0.2) is 12.3 Å². The molecule has 1 amide bonds. The predicted octanol–water partition coefficient (Wildman–Crippen LogP) is 2.52. The van der Waals surface area contributed by atoms with Crippen molar-refractivity contribution in [2.24, 2.45) is 5.92 Å². The maximum Gasteiger partial charge on any atom is 0.242 e. The number of anilines is 1. The van der Waals surface area contributed by atoms with E-state index in [9.17, 15) is 4.79 Å². The van der Waals surface area contributed by atoms with Gasteiger partial charge in [0.2, 0.25) is 5.91 Å². The Hall–Kier alpha value is -1.36. The van der Waals surface area contributed by atoms with E-state index in [-0.39, 0.29) is 18.0 Å². The van der Waals surface area contributed by atoms with Gasteiger partial charge >= 0.3 is 0 Å². The number of nitrogens with one attached hydrogen (secondary N) is 1. The zero-order chi connectivity index (χ0) is 14.7. The summed E-state index contributed by atoms with van der Waals surface area (Å²) in [6.07, 6.45) is 4.18. The Balaban J connectivity index is 1.98. The minimum atomic E-state index is -0.0896. The molecule has 0 unspecified atom stereocenters. The number of rotatable bonds is 4. The van der Waals surface area contributed by atoms with Gasteiger partial charge in [0.05, 0.1) is 12.2 Å². The van der Waals surface area contributed by atoms with E-state index in [2.05, 4.69) is 36.1 Å². The van der Waals surface area contributed by atoms with E-state index in [0.29, 0.717) is 5.92 Å². The summed E-state index contributed by atoms with van der Waals surface area (Å²) in [6, 6.07) is 2.00. The third-order valence-corrected chi connectivity index (χ3v) is 4.03. The van der Waals surface area contributed by atoms with Gasteiger partial charge in [-0.3, -0.25) is 9.69 Å². The fourth-order valence-electron chi connectivity index (χ4n) is 2.80. The van der Waals surface area contributed by atoms with Gasteiger partial charge in [0.15, 0.2) is 0 Å². The monoisotopic (exact) mass is 278 g/mol. The number of hydrogen-bond donors (Lipinski definition) is 1. The van der Waals surface area contributed by atoms with Gasteiger partial charge in [-0.2, -0.15) is 5.10 Å². The van der Waals surface area contributed by atoms with E-state index in [1.807, 2.05) is 17.7 Å². The molecule has 0 saturated carbocycles. The van der Waals surface area contributed by atoms with E-state index in [1.54, 1.807) is 6.20 Å². The van der Waals surface area contributed by atoms with Gasteiger partial charge < -0.3 is 5.32 Å². The van der Waals surface area contributed by atoms with Crippen LogP contribution in [0, 0.1) is 5.92 Å². The summed E-state index contributed by atoms with van der Waals surface area (Å²) in [6.45, 7) is 10.4. The number of amides is 1. The van der Waals surface area contributed by atoms with E-state index in [1.165, 1.54) is 12.8 Å². The molecule has 0 radical (unpaired) electrons. The number of nitrogens with zero attached hydrogens (tertiary/aromatic N) is 3. The van der Waals surface area contributed by atoms with Crippen molar-refractivity contribution in [3.63, 3.8) is 0 Å². The summed E-state index contributed by atoms with van der Waals surface area (Å²) >= 11 is 0. The van der Waals surface area contributed by atoms with Crippen molar-refractivity contribution in [1.29, 1.82) is 0 Å². The largest absolute Gasteiger partial charge is 0.310 e. The predicted molar refractivity (Wildman–Crippen MR) is 80.7 cm³/mol. The van der Waals surface area contributed by atoms with Gasteiger partial charge in [-0.05, 0) is 46.1 Å². The quantitative estimate of drug-likeness (QED) is 0.920. The van der Waals surface area contributed by atoms with E-state index in [4.69, 9.17) is 0 Å². The van der Waals surface area contributed by atoms with Gasteiger partial charge in [-0.15, -0.1) is 0 Å². The second-order valence-corrected chi connectivity index (χ2v) is 6.16. The Bertz CT molecular complexity index is 454. The molecule has 0 aromatic carbocycles. The lowest BCUT2D eigenvalue weighted by molar-refractivity contribution is -0.121. The first-order valence-corrected chi connectivity index (χ1v) is 7.57. The highest BCUT2D eigenvalue weighted by atomic mass is 16.2. The van der Waals surface area contributed by atoms with Crippen LogP contribution in [0.5, 0.6) is 0 Å². The molecule has 1 aromatic heterocycles. The molecule has 112 valence electrons. The van der Waals surface area contributed by atoms with Crippen LogP contribution in [-0.4, -0.2) is 39.7 Å². The van der Waals surface area contributed by atoms with Crippen molar-refractivity contribution in [1.82, 2.24) is 14.7 Å². The molecule has 2 atom stereocenters. The van der Waals surface area contributed by atoms with Crippen LogP contribution in [0.2, 0.25) is 0 Å². The van der Waals surface area contributed by atoms with Crippen LogP contribution in [0.4, 0.5) is 5.82 Å². The second kappa shape index (κ2) is 6.39. The van der Waals surface area contributed by atoms with Gasteiger partial charge in [0.25, 0.3) is 0 Å². The Kier molecular flexibility index (Phi) is 4.81. The summed E-state index contributed by atoms with van der Waals surface area (Å²) in [5.41, 5.74) is 0. The number of aromatic nitrogens is 2. The molecule has 1 saturated heterocycles. The van der Waals surface area contributed by atoms with Crippen molar-refractivity contribution in [3.8, 4) is 0 Å². The number of carbonyl (C=O) groups excluding carboxylic acids is 1. The van der Waals surface area contributed by atoms with Crippen LogP contribution in [-0.2, 0) is 4.79 Å². The first kappa shape index (κ1) is 15.0. The fourth-order valence-corrected chi connectivity index (χ4v) is 2.80. The summed E-state index contributed by atoms with van der Waals surface area (Å²) in [5, 5.41) is 7.24. The number of carbonyl (C=O) groups is 1. The molecule has 1 fully saturated rings. The zero-order valence-corrected chi connectivity index (χ0v) is 13.0. The highest BCUT2D eigenvalue weighted by Crippen LogP contribution is 2.19. The standard InChI is InChI=1S/C15H26N4O/c1-11(2)19-14(7-8-16-19)17-15(20)13(4)18-9-5-6-12(3)10-18/h7-8,11-13H,5-6,9-10H2,1-4H3,(H,17,20)/t12-,13-/m0/s1. The lowest BCUT2D eigenvalue weighted by Gasteiger charge is -2.34. The molecule has 0 spiro atoms. The highest BCUT2D eigenvalue weighted by Gasteiger charge is 2.26. The minimum absolute atomic E-state index is 0.0569. The molecule has 1 aliphatic heterocycles. The van der Waals surface area contributed by atoms with Crippen molar-refractivity contribution >= 4 is 11.7 Å². The third kappa shape index (κ3) is 3.39. The maximum atomic E-state index is 12.4. The van der Waals surface area contributed by atoms with E-state index < -0.39 is 0 Å². The summed E-state index contributed by atoms with van der Waals surface area (Å²) in [4.78, 5) is 14.7. The fraction of sp³-hybridized carbons (Fsp3) is 0.733. The van der Waals surface area contributed by atoms with Gasteiger partial charge in [0, 0.05) is 18.7 Å². The average Bonchev–Trinajstić information content (AvgIpc) is 2.86. The van der Waals surface area contributed by atoms with Gasteiger partial charge in [-0.1, -0.05) is 6.92 Å². The molecule has 2 heterocycles. The molecule has 5 nitrogen and oxygen atoms in total. The van der Waals surface area contributed by atoms with E-state index >= 15 is 0 Å². The minimum Gasteiger partial charge on any atom is -0.310 e. The Labute approximate surface area is 121 Å². The molecule has 1 aromatic rings. The SMILES string of the molecule is CC(C)n1nccc1NC(=O)[C@H](C)N1CCC[C@H](C)C1. The highest BCUT2D eigenvalue weighted by molar-refractivity contribution is 5.93. The molecular formula is C15H26N4O. The molecule has 2 rings (SSSR count). The van der Waals surface area contributed by atoms with Crippen molar-refractivity contribution in [2.75, 3.05) is 18.4 Å².